The van der Waals surface area contributed by atoms with Crippen LogP contribution in [0.2, 0.25) is 0 Å². The molecule has 0 bridgehead atoms. The third-order valence-electron chi connectivity index (χ3n) is 5.95. The van der Waals surface area contributed by atoms with E-state index in [2.05, 4.69) is 4.98 Å². The van der Waals surface area contributed by atoms with Crippen LogP contribution >= 0.6 is 11.8 Å². The van der Waals surface area contributed by atoms with Gasteiger partial charge in [0.25, 0.3) is 0 Å². The number of benzene rings is 1. The lowest BCUT2D eigenvalue weighted by atomic mass is 10.1. The minimum Gasteiger partial charge on any atom is -0.335 e. The number of carbonyl (C=O) groups is 1. The second-order valence-electron chi connectivity index (χ2n) is 7.94. The summed E-state index contributed by atoms with van der Waals surface area (Å²) < 4.78 is 26.0. The first-order chi connectivity index (χ1) is 13.9. The number of nitrogens with zero attached hydrogens (tertiary/aromatic N) is 3. The summed E-state index contributed by atoms with van der Waals surface area (Å²) in [6, 6.07) is 10.1. The number of aromatic nitrogens is 2. The normalized spacial score (nSPS) is 21.5. The first-order valence-electron chi connectivity index (χ1n) is 10.2. The van der Waals surface area contributed by atoms with Gasteiger partial charge < -0.3 is 9.47 Å². The molecule has 1 aromatic heterocycles. The molecule has 1 atom stereocenters. The van der Waals surface area contributed by atoms with Crippen LogP contribution < -0.4 is 0 Å². The van der Waals surface area contributed by atoms with Gasteiger partial charge in [0, 0.05) is 19.1 Å². The van der Waals surface area contributed by atoms with E-state index in [1.54, 1.807) is 0 Å². The fourth-order valence-electron chi connectivity index (χ4n) is 4.49. The smallest absolute Gasteiger partial charge is 0.233 e. The van der Waals surface area contributed by atoms with Gasteiger partial charge in [0.2, 0.25) is 5.91 Å². The Hall–Kier alpha value is -1.80. The molecule has 0 radical (unpaired) electrons. The lowest BCUT2D eigenvalue weighted by molar-refractivity contribution is -0.132. The van der Waals surface area contributed by atoms with E-state index in [1.807, 2.05) is 53.0 Å². The van der Waals surface area contributed by atoms with Crippen LogP contribution in [0.15, 0.2) is 41.7 Å². The number of thioether (sulfide) groups is 1. The van der Waals surface area contributed by atoms with Gasteiger partial charge in [-0.3, -0.25) is 4.79 Å². The van der Waals surface area contributed by atoms with Gasteiger partial charge in [-0.05, 0) is 24.8 Å². The molecular formula is C21H27N3O3S2. The molecule has 1 saturated heterocycles. The fourth-order valence-corrected chi connectivity index (χ4v) is 7.02. The van der Waals surface area contributed by atoms with Gasteiger partial charge in [-0.2, -0.15) is 0 Å². The first kappa shape index (κ1) is 20.5. The molecule has 4 rings (SSSR count). The Bertz CT molecular complexity index is 966. The zero-order valence-corrected chi connectivity index (χ0v) is 18.3. The number of imidazole rings is 1. The van der Waals surface area contributed by atoms with Crippen molar-refractivity contribution in [2.75, 3.05) is 17.3 Å². The predicted molar refractivity (Wildman–Crippen MR) is 116 cm³/mol. The standard InChI is InChI=1S/C21H27N3O3S2/c1-23-19(16-7-3-2-4-8-16)13-22-21(23)28-14-20(25)24(17-9-5-6-10-17)18-11-12-29(26,27)15-18/h2-4,7-8,13,17-18H,5-6,9-12,14-15H2,1H3/t18-/m1/s1. The van der Waals surface area contributed by atoms with Crippen LogP contribution in [0.3, 0.4) is 0 Å². The Morgan fingerprint density at radius 3 is 2.55 bits per heavy atom. The van der Waals surface area contributed by atoms with Crippen LogP contribution in [-0.2, 0) is 21.7 Å². The molecule has 2 fully saturated rings. The maximum absolute atomic E-state index is 13.2. The molecule has 8 heteroatoms. The monoisotopic (exact) mass is 433 g/mol. The molecule has 1 saturated carbocycles. The third kappa shape index (κ3) is 4.53. The SMILES string of the molecule is Cn1c(-c2ccccc2)cnc1SCC(=O)N(C1CCCC1)[C@@H]1CCS(=O)(=O)C1. The molecule has 1 aliphatic heterocycles. The summed E-state index contributed by atoms with van der Waals surface area (Å²) in [4.78, 5) is 19.6. The van der Waals surface area contributed by atoms with Gasteiger partial charge in [-0.15, -0.1) is 0 Å². The maximum Gasteiger partial charge on any atom is 0.233 e. The van der Waals surface area contributed by atoms with E-state index < -0.39 is 9.84 Å². The Balaban J connectivity index is 1.46. The molecule has 1 aliphatic carbocycles. The van der Waals surface area contributed by atoms with E-state index in [1.165, 1.54) is 11.8 Å². The molecule has 2 aromatic rings. The molecule has 2 heterocycles. The van der Waals surface area contributed by atoms with Crippen molar-refractivity contribution in [3.63, 3.8) is 0 Å². The molecule has 6 nitrogen and oxygen atoms in total. The van der Waals surface area contributed by atoms with Crippen molar-refractivity contribution in [2.24, 2.45) is 7.05 Å². The van der Waals surface area contributed by atoms with Crippen molar-refractivity contribution < 1.29 is 13.2 Å². The fraction of sp³-hybridized carbons (Fsp3) is 0.524. The van der Waals surface area contributed by atoms with E-state index in [9.17, 15) is 13.2 Å². The van der Waals surface area contributed by atoms with Crippen molar-refractivity contribution >= 4 is 27.5 Å². The van der Waals surface area contributed by atoms with Crippen molar-refractivity contribution in [1.82, 2.24) is 14.5 Å². The summed E-state index contributed by atoms with van der Waals surface area (Å²) in [6.07, 6.45) is 6.58. The number of hydrogen-bond donors (Lipinski definition) is 0. The van der Waals surface area contributed by atoms with Gasteiger partial charge in [0.05, 0.1) is 29.1 Å². The molecule has 29 heavy (non-hydrogen) atoms. The van der Waals surface area contributed by atoms with E-state index in [0.29, 0.717) is 6.42 Å². The Morgan fingerprint density at radius 2 is 1.90 bits per heavy atom. The van der Waals surface area contributed by atoms with Gasteiger partial charge >= 0.3 is 0 Å². The third-order valence-corrected chi connectivity index (χ3v) is 8.73. The average molecular weight is 434 g/mol. The minimum atomic E-state index is -3.02. The van der Waals surface area contributed by atoms with Gasteiger partial charge in [0.15, 0.2) is 15.0 Å². The van der Waals surface area contributed by atoms with Crippen LogP contribution in [0.1, 0.15) is 32.1 Å². The molecule has 2 aliphatic rings. The van der Waals surface area contributed by atoms with Crippen LogP contribution in [0.5, 0.6) is 0 Å². The lowest BCUT2D eigenvalue weighted by Gasteiger charge is -2.34. The van der Waals surface area contributed by atoms with Crippen molar-refractivity contribution in [3.8, 4) is 11.3 Å². The average Bonchev–Trinajstić information content (AvgIpc) is 3.43. The number of amides is 1. The number of sulfone groups is 1. The summed E-state index contributed by atoms with van der Waals surface area (Å²) in [5.41, 5.74) is 2.10. The second-order valence-corrected chi connectivity index (χ2v) is 11.1. The van der Waals surface area contributed by atoms with Crippen molar-refractivity contribution in [2.45, 2.75) is 49.3 Å². The molecule has 0 spiro atoms. The van der Waals surface area contributed by atoms with Crippen LogP contribution in [0.25, 0.3) is 11.3 Å². The van der Waals surface area contributed by atoms with Gasteiger partial charge in [0.1, 0.15) is 0 Å². The van der Waals surface area contributed by atoms with E-state index >= 15 is 0 Å². The zero-order valence-electron chi connectivity index (χ0n) is 16.7. The summed E-state index contributed by atoms with van der Waals surface area (Å²) in [5.74, 6) is 0.626. The molecule has 1 aromatic carbocycles. The van der Waals surface area contributed by atoms with Crippen LogP contribution in [0.4, 0.5) is 0 Å². The number of rotatable bonds is 6. The summed E-state index contributed by atoms with van der Waals surface area (Å²) in [5, 5.41) is 0.794. The zero-order chi connectivity index (χ0) is 20.4. The quantitative estimate of drug-likeness (QED) is 0.655. The molecule has 0 N–H and O–H groups in total. The molecule has 1 amide bonds. The van der Waals surface area contributed by atoms with E-state index in [-0.39, 0.29) is 35.2 Å². The van der Waals surface area contributed by atoms with Crippen LogP contribution in [0, 0.1) is 0 Å². The highest BCUT2D eigenvalue weighted by molar-refractivity contribution is 7.99. The second kappa shape index (κ2) is 8.52. The lowest BCUT2D eigenvalue weighted by Crippen LogP contribution is -2.47. The molecule has 0 unspecified atom stereocenters. The summed E-state index contributed by atoms with van der Waals surface area (Å²) in [7, 11) is -1.06. The highest BCUT2D eigenvalue weighted by Crippen LogP contribution is 2.31. The Labute approximate surface area is 176 Å². The largest absolute Gasteiger partial charge is 0.335 e. The summed E-state index contributed by atoms with van der Waals surface area (Å²) >= 11 is 1.43. The highest BCUT2D eigenvalue weighted by atomic mass is 32.2. The minimum absolute atomic E-state index is 0.0354. The van der Waals surface area contributed by atoms with Gasteiger partial charge in [-0.1, -0.05) is 54.9 Å². The van der Waals surface area contributed by atoms with Gasteiger partial charge in [-0.25, -0.2) is 13.4 Å². The summed E-state index contributed by atoms with van der Waals surface area (Å²) in [6.45, 7) is 0. The topological polar surface area (TPSA) is 72.3 Å². The predicted octanol–water partition coefficient (Wildman–Crippen LogP) is 3.14. The Kier molecular flexibility index (Phi) is 6.01. The molecule has 156 valence electrons. The van der Waals surface area contributed by atoms with Crippen molar-refractivity contribution in [1.29, 1.82) is 0 Å². The first-order valence-corrected chi connectivity index (χ1v) is 13.0. The highest BCUT2D eigenvalue weighted by Gasteiger charge is 2.38. The number of hydrogen-bond acceptors (Lipinski definition) is 5. The number of carbonyl (C=O) groups excluding carboxylic acids is 1. The van der Waals surface area contributed by atoms with E-state index in [0.717, 1.165) is 42.1 Å². The van der Waals surface area contributed by atoms with Crippen LogP contribution in [-0.4, -0.2) is 58.1 Å². The molecular weight excluding hydrogens is 406 g/mol. The van der Waals surface area contributed by atoms with E-state index in [4.69, 9.17) is 0 Å². The maximum atomic E-state index is 13.2. The van der Waals surface area contributed by atoms with Crippen molar-refractivity contribution in [3.05, 3.63) is 36.5 Å². The Morgan fingerprint density at radius 1 is 1.17 bits per heavy atom.